The number of carbonyl (C=O) groups is 1. The first kappa shape index (κ1) is 15.8. The molecular formula is C17H19N5O2. The van der Waals surface area contributed by atoms with Crippen molar-refractivity contribution in [3.05, 3.63) is 54.9 Å². The number of nitrogens with zero attached hydrogens (tertiary/aromatic N) is 4. The van der Waals surface area contributed by atoms with Gasteiger partial charge in [0.25, 0.3) is 5.91 Å². The van der Waals surface area contributed by atoms with Gasteiger partial charge in [0.05, 0.1) is 5.69 Å². The van der Waals surface area contributed by atoms with Crippen LogP contribution in [-0.4, -0.2) is 31.1 Å². The third-order valence-electron chi connectivity index (χ3n) is 3.45. The van der Waals surface area contributed by atoms with E-state index in [1.54, 1.807) is 54.8 Å². The lowest BCUT2D eigenvalue weighted by Crippen LogP contribution is -2.42. The molecule has 0 atom stereocenters. The Kier molecular flexibility index (Phi) is 4.07. The van der Waals surface area contributed by atoms with Gasteiger partial charge in [-0.25, -0.2) is 4.68 Å². The summed E-state index contributed by atoms with van der Waals surface area (Å²) >= 11 is 0. The van der Waals surface area contributed by atoms with Crippen LogP contribution in [0.5, 0.6) is 5.88 Å². The molecular weight excluding hydrogens is 306 g/mol. The van der Waals surface area contributed by atoms with E-state index >= 15 is 0 Å². The minimum absolute atomic E-state index is 0.296. The number of rotatable bonds is 5. The number of para-hydroxylation sites is 1. The molecule has 0 aliphatic heterocycles. The van der Waals surface area contributed by atoms with E-state index in [1.807, 2.05) is 30.3 Å². The topological polar surface area (TPSA) is 74.0 Å². The summed E-state index contributed by atoms with van der Waals surface area (Å²) in [6.07, 6.45) is 3.54. The Hall–Kier alpha value is -3.09. The summed E-state index contributed by atoms with van der Waals surface area (Å²) in [5.74, 6) is 0.560. The molecule has 0 radical (unpaired) electrons. The number of benzene rings is 1. The normalized spacial score (nSPS) is 11.3. The van der Waals surface area contributed by atoms with Crippen LogP contribution in [0.4, 0.5) is 5.82 Å². The predicted molar refractivity (Wildman–Crippen MR) is 90.1 cm³/mol. The first-order valence-corrected chi connectivity index (χ1v) is 7.55. The highest BCUT2D eigenvalue weighted by atomic mass is 16.5. The van der Waals surface area contributed by atoms with Crippen molar-refractivity contribution < 1.29 is 9.53 Å². The molecule has 7 heteroatoms. The zero-order valence-electron chi connectivity index (χ0n) is 13.8. The van der Waals surface area contributed by atoms with Gasteiger partial charge in [-0.2, -0.15) is 5.10 Å². The Bertz CT molecular complexity index is 836. The standard InChI is InChI=1S/C17H19N5O2/c1-17(2,16(23)18-14-9-11-21(3)19-14)24-15-10-12-22(20-15)13-7-5-4-6-8-13/h4-12H,1-3H3,(H,18,19,23). The van der Waals surface area contributed by atoms with Crippen molar-refractivity contribution in [3.63, 3.8) is 0 Å². The van der Waals surface area contributed by atoms with Crippen LogP contribution in [0, 0.1) is 0 Å². The van der Waals surface area contributed by atoms with Crippen LogP contribution in [0.15, 0.2) is 54.9 Å². The summed E-state index contributed by atoms with van der Waals surface area (Å²) in [5.41, 5.74) is -0.170. The molecule has 0 bridgehead atoms. The van der Waals surface area contributed by atoms with Crippen LogP contribution in [0.1, 0.15) is 13.8 Å². The van der Waals surface area contributed by atoms with Crippen molar-refractivity contribution in [2.24, 2.45) is 7.05 Å². The van der Waals surface area contributed by atoms with Crippen molar-refractivity contribution in [1.82, 2.24) is 19.6 Å². The number of hydrogen-bond acceptors (Lipinski definition) is 4. The second kappa shape index (κ2) is 6.19. The highest BCUT2D eigenvalue weighted by Crippen LogP contribution is 2.19. The van der Waals surface area contributed by atoms with E-state index < -0.39 is 5.60 Å². The third-order valence-corrected chi connectivity index (χ3v) is 3.45. The number of ether oxygens (including phenoxy) is 1. The molecule has 7 nitrogen and oxygen atoms in total. The van der Waals surface area contributed by atoms with Gasteiger partial charge < -0.3 is 10.1 Å². The molecule has 0 aliphatic carbocycles. The molecule has 3 aromatic rings. The number of carbonyl (C=O) groups excluding carboxylic acids is 1. The molecule has 3 rings (SSSR count). The van der Waals surface area contributed by atoms with Crippen LogP contribution < -0.4 is 10.1 Å². The molecule has 0 saturated carbocycles. The maximum absolute atomic E-state index is 12.4. The highest BCUT2D eigenvalue weighted by molar-refractivity contribution is 5.96. The van der Waals surface area contributed by atoms with Crippen molar-refractivity contribution in [3.8, 4) is 11.6 Å². The van der Waals surface area contributed by atoms with Gasteiger partial charge in [-0.3, -0.25) is 9.48 Å². The fourth-order valence-corrected chi connectivity index (χ4v) is 2.14. The van der Waals surface area contributed by atoms with E-state index in [-0.39, 0.29) is 5.91 Å². The van der Waals surface area contributed by atoms with E-state index in [0.717, 1.165) is 5.69 Å². The second-order valence-corrected chi connectivity index (χ2v) is 5.88. The van der Waals surface area contributed by atoms with Gasteiger partial charge >= 0.3 is 0 Å². The number of nitrogens with one attached hydrogen (secondary N) is 1. The Balaban J connectivity index is 1.70. The lowest BCUT2D eigenvalue weighted by atomic mass is 10.1. The predicted octanol–water partition coefficient (Wildman–Crippen LogP) is 2.40. The van der Waals surface area contributed by atoms with Crippen LogP contribution in [0.3, 0.4) is 0 Å². The van der Waals surface area contributed by atoms with Crippen LogP contribution >= 0.6 is 0 Å². The van der Waals surface area contributed by atoms with Crippen LogP contribution in [0.25, 0.3) is 5.69 Å². The molecule has 2 heterocycles. The Labute approximate surface area is 139 Å². The molecule has 0 spiro atoms. The van der Waals surface area contributed by atoms with Gasteiger partial charge in [0, 0.05) is 31.6 Å². The van der Waals surface area contributed by atoms with Crippen LogP contribution in [0.2, 0.25) is 0 Å². The molecule has 2 aromatic heterocycles. The van der Waals surface area contributed by atoms with E-state index in [9.17, 15) is 4.79 Å². The van der Waals surface area contributed by atoms with Gasteiger partial charge in [0.2, 0.25) is 5.88 Å². The molecule has 0 unspecified atom stereocenters. The number of aromatic nitrogens is 4. The zero-order chi connectivity index (χ0) is 17.2. The SMILES string of the molecule is Cn1ccc(NC(=O)C(C)(C)Oc2ccn(-c3ccccc3)n2)n1. The number of anilines is 1. The third kappa shape index (κ3) is 3.45. The van der Waals surface area contributed by atoms with Crippen molar-refractivity contribution in [2.45, 2.75) is 19.4 Å². The van der Waals surface area contributed by atoms with Gasteiger partial charge in [0.1, 0.15) is 0 Å². The van der Waals surface area contributed by atoms with Crippen molar-refractivity contribution >= 4 is 11.7 Å². The maximum Gasteiger partial charge on any atom is 0.269 e. The summed E-state index contributed by atoms with van der Waals surface area (Å²) in [7, 11) is 1.79. The Morgan fingerprint density at radius 1 is 1.08 bits per heavy atom. The fourth-order valence-electron chi connectivity index (χ4n) is 2.14. The second-order valence-electron chi connectivity index (χ2n) is 5.88. The first-order chi connectivity index (χ1) is 11.4. The largest absolute Gasteiger partial charge is 0.460 e. The Morgan fingerprint density at radius 3 is 2.50 bits per heavy atom. The highest BCUT2D eigenvalue weighted by Gasteiger charge is 2.31. The minimum atomic E-state index is -1.09. The molecule has 1 aromatic carbocycles. The lowest BCUT2D eigenvalue weighted by molar-refractivity contribution is -0.128. The minimum Gasteiger partial charge on any atom is -0.460 e. The smallest absolute Gasteiger partial charge is 0.269 e. The average Bonchev–Trinajstić information content (AvgIpc) is 3.17. The van der Waals surface area contributed by atoms with E-state index in [4.69, 9.17) is 4.74 Å². The number of aryl methyl sites for hydroxylation is 1. The molecule has 1 N–H and O–H groups in total. The molecule has 0 fully saturated rings. The van der Waals surface area contributed by atoms with Gasteiger partial charge in [-0.15, -0.1) is 5.10 Å². The van der Waals surface area contributed by atoms with Crippen molar-refractivity contribution in [1.29, 1.82) is 0 Å². The number of hydrogen-bond donors (Lipinski definition) is 1. The molecule has 0 aliphatic rings. The first-order valence-electron chi connectivity index (χ1n) is 7.55. The molecule has 0 saturated heterocycles. The molecule has 1 amide bonds. The van der Waals surface area contributed by atoms with Crippen LogP contribution in [-0.2, 0) is 11.8 Å². The van der Waals surface area contributed by atoms with E-state index in [0.29, 0.717) is 11.7 Å². The van der Waals surface area contributed by atoms with Gasteiger partial charge in [0.15, 0.2) is 11.4 Å². The molecule has 124 valence electrons. The fraction of sp³-hybridized carbons (Fsp3) is 0.235. The van der Waals surface area contributed by atoms with E-state index in [2.05, 4.69) is 15.5 Å². The average molecular weight is 325 g/mol. The van der Waals surface area contributed by atoms with Gasteiger partial charge in [-0.1, -0.05) is 18.2 Å². The zero-order valence-corrected chi connectivity index (χ0v) is 13.8. The quantitative estimate of drug-likeness (QED) is 0.782. The monoisotopic (exact) mass is 325 g/mol. The van der Waals surface area contributed by atoms with E-state index in [1.165, 1.54) is 0 Å². The summed E-state index contributed by atoms with van der Waals surface area (Å²) in [5, 5.41) is 11.2. The Morgan fingerprint density at radius 2 is 1.83 bits per heavy atom. The summed E-state index contributed by atoms with van der Waals surface area (Å²) < 4.78 is 9.08. The summed E-state index contributed by atoms with van der Waals surface area (Å²) in [6.45, 7) is 3.37. The van der Waals surface area contributed by atoms with Crippen molar-refractivity contribution in [2.75, 3.05) is 5.32 Å². The number of amides is 1. The van der Waals surface area contributed by atoms with Gasteiger partial charge in [-0.05, 0) is 26.0 Å². The maximum atomic E-state index is 12.4. The summed E-state index contributed by atoms with van der Waals surface area (Å²) in [6, 6.07) is 13.1. The molecule has 24 heavy (non-hydrogen) atoms. The lowest BCUT2D eigenvalue weighted by Gasteiger charge is -2.23. The summed E-state index contributed by atoms with van der Waals surface area (Å²) in [4.78, 5) is 12.4.